The molecule has 2 rings (SSSR count). The SMILES string of the molecule is CC(C)C[C@](C)(N)COc1ccc(-c2ccnc(OC(N)=O)c2)cc1F. The first-order valence-electron chi connectivity index (χ1n) is 8.31. The second-order valence-corrected chi connectivity index (χ2v) is 6.99. The van der Waals surface area contributed by atoms with Crippen LogP contribution in [0.25, 0.3) is 11.1 Å². The Bertz CT molecular complexity index is 778. The molecule has 2 aromatic rings. The Labute approximate surface area is 152 Å². The molecular formula is C19H24FN3O3. The van der Waals surface area contributed by atoms with Gasteiger partial charge in [0.2, 0.25) is 5.88 Å². The minimum atomic E-state index is -0.962. The number of ether oxygens (including phenoxy) is 2. The van der Waals surface area contributed by atoms with Crippen LogP contribution in [-0.2, 0) is 0 Å². The molecule has 0 radical (unpaired) electrons. The van der Waals surface area contributed by atoms with Gasteiger partial charge in [0.25, 0.3) is 0 Å². The van der Waals surface area contributed by atoms with E-state index in [-0.39, 0.29) is 18.2 Å². The van der Waals surface area contributed by atoms with Crippen LogP contribution in [0, 0.1) is 11.7 Å². The molecule has 7 heteroatoms. The highest BCUT2D eigenvalue weighted by Crippen LogP contribution is 2.28. The first kappa shape index (κ1) is 19.7. The Hall–Kier alpha value is -2.67. The number of nitrogens with zero attached hydrogens (tertiary/aromatic N) is 1. The highest BCUT2D eigenvalue weighted by molar-refractivity contribution is 5.69. The largest absolute Gasteiger partial charge is 0.489 e. The van der Waals surface area contributed by atoms with Crippen molar-refractivity contribution in [1.82, 2.24) is 4.98 Å². The van der Waals surface area contributed by atoms with E-state index >= 15 is 0 Å². The Morgan fingerprint density at radius 2 is 1.96 bits per heavy atom. The molecule has 4 N–H and O–H groups in total. The van der Waals surface area contributed by atoms with Gasteiger partial charge in [-0.2, -0.15) is 0 Å². The van der Waals surface area contributed by atoms with Gasteiger partial charge in [-0.1, -0.05) is 19.9 Å². The molecule has 0 saturated carbocycles. The van der Waals surface area contributed by atoms with E-state index in [1.165, 1.54) is 18.3 Å². The fourth-order valence-electron chi connectivity index (χ4n) is 2.78. The smallest absolute Gasteiger partial charge is 0.411 e. The van der Waals surface area contributed by atoms with Crippen LogP contribution in [0.4, 0.5) is 9.18 Å². The Balaban J connectivity index is 2.13. The molecule has 0 aliphatic carbocycles. The molecule has 0 saturated heterocycles. The summed E-state index contributed by atoms with van der Waals surface area (Å²) in [6, 6.07) is 7.76. The number of carbonyl (C=O) groups is 1. The maximum absolute atomic E-state index is 14.4. The van der Waals surface area contributed by atoms with Crippen LogP contribution in [0.1, 0.15) is 27.2 Å². The number of hydrogen-bond donors (Lipinski definition) is 2. The summed E-state index contributed by atoms with van der Waals surface area (Å²) in [5.74, 6) is 0.0986. The maximum atomic E-state index is 14.4. The minimum absolute atomic E-state index is 0.0447. The van der Waals surface area contributed by atoms with Gasteiger partial charge < -0.3 is 20.9 Å². The first-order valence-corrected chi connectivity index (χ1v) is 8.31. The van der Waals surface area contributed by atoms with E-state index in [2.05, 4.69) is 18.8 Å². The van der Waals surface area contributed by atoms with Gasteiger partial charge in [0, 0.05) is 17.8 Å². The molecular weight excluding hydrogens is 337 g/mol. The van der Waals surface area contributed by atoms with Crippen molar-refractivity contribution in [3.8, 4) is 22.8 Å². The van der Waals surface area contributed by atoms with E-state index < -0.39 is 17.4 Å². The van der Waals surface area contributed by atoms with Gasteiger partial charge in [-0.15, -0.1) is 0 Å². The summed E-state index contributed by atoms with van der Waals surface area (Å²) < 4.78 is 24.7. The van der Waals surface area contributed by atoms with Crippen LogP contribution < -0.4 is 20.9 Å². The molecule has 1 aromatic carbocycles. The zero-order valence-electron chi connectivity index (χ0n) is 15.2. The average molecular weight is 361 g/mol. The maximum Gasteiger partial charge on any atom is 0.411 e. The number of hydrogen-bond acceptors (Lipinski definition) is 5. The van der Waals surface area contributed by atoms with Crippen molar-refractivity contribution in [3.05, 3.63) is 42.3 Å². The van der Waals surface area contributed by atoms with Crippen molar-refractivity contribution in [2.45, 2.75) is 32.7 Å². The number of pyridine rings is 1. The molecule has 6 nitrogen and oxygen atoms in total. The van der Waals surface area contributed by atoms with E-state index in [1.807, 2.05) is 6.92 Å². The minimum Gasteiger partial charge on any atom is -0.489 e. The predicted molar refractivity (Wildman–Crippen MR) is 97.4 cm³/mol. The van der Waals surface area contributed by atoms with Crippen molar-refractivity contribution in [1.29, 1.82) is 0 Å². The van der Waals surface area contributed by atoms with Crippen molar-refractivity contribution in [2.75, 3.05) is 6.61 Å². The summed E-state index contributed by atoms with van der Waals surface area (Å²) >= 11 is 0. The van der Waals surface area contributed by atoms with Gasteiger partial charge in [-0.3, -0.25) is 0 Å². The molecule has 0 bridgehead atoms. The summed E-state index contributed by atoms with van der Waals surface area (Å²) in [6.07, 6.45) is 1.25. The molecule has 1 aromatic heterocycles. The molecule has 1 heterocycles. The van der Waals surface area contributed by atoms with Crippen molar-refractivity contribution >= 4 is 6.09 Å². The molecule has 0 fully saturated rings. The van der Waals surface area contributed by atoms with Crippen LogP contribution in [0.15, 0.2) is 36.5 Å². The highest BCUT2D eigenvalue weighted by atomic mass is 19.1. The molecule has 26 heavy (non-hydrogen) atoms. The summed E-state index contributed by atoms with van der Waals surface area (Å²) in [5.41, 5.74) is 11.8. The second-order valence-electron chi connectivity index (χ2n) is 6.99. The molecule has 0 aliphatic rings. The van der Waals surface area contributed by atoms with E-state index in [0.717, 1.165) is 6.42 Å². The standard InChI is InChI=1S/C19H24FN3O3/c1-12(2)10-19(3,22)11-25-16-5-4-13(8-15(16)20)14-6-7-23-17(9-14)26-18(21)24/h4-9,12H,10-11,22H2,1-3H3,(H2,21,24)/t19-/m0/s1. The summed E-state index contributed by atoms with van der Waals surface area (Å²) in [4.78, 5) is 14.7. The number of nitrogens with two attached hydrogens (primary N) is 2. The quantitative estimate of drug-likeness (QED) is 0.786. The molecule has 0 spiro atoms. The van der Waals surface area contributed by atoms with Crippen molar-refractivity contribution < 1.29 is 18.7 Å². The number of amides is 1. The van der Waals surface area contributed by atoms with Gasteiger partial charge in [0.1, 0.15) is 6.61 Å². The summed E-state index contributed by atoms with van der Waals surface area (Å²) in [5, 5.41) is 0. The number of carbonyl (C=O) groups excluding carboxylic acids is 1. The molecule has 1 atom stereocenters. The Kier molecular flexibility index (Phi) is 6.15. The van der Waals surface area contributed by atoms with Gasteiger partial charge in [-0.25, -0.2) is 14.2 Å². The Morgan fingerprint density at radius 3 is 2.58 bits per heavy atom. The topological polar surface area (TPSA) is 100 Å². The van der Waals surface area contributed by atoms with E-state index in [9.17, 15) is 9.18 Å². The predicted octanol–water partition coefficient (Wildman–Crippen LogP) is 3.49. The van der Waals surface area contributed by atoms with E-state index in [0.29, 0.717) is 17.0 Å². The number of primary amides is 1. The van der Waals surface area contributed by atoms with Crippen LogP contribution in [0.5, 0.6) is 11.6 Å². The van der Waals surface area contributed by atoms with Crippen LogP contribution in [-0.4, -0.2) is 23.2 Å². The van der Waals surface area contributed by atoms with E-state index in [4.69, 9.17) is 20.9 Å². The number of aromatic nitrogens is 1. The lowest BCUT2D eigenvalue weighted by molar-refractivity contribution is 0.200. The van der Waals surface area contributed by atoms with Crippen LogP contribution in [0.3, 0.4) is 0 Å². The van der Waals surface area contributed by atoms with Gasteiger partial charge >= 0.3 is 6.09 Å². The second kappa shape index (κ2) is 8.14. The fourth-order valence-corrected chi connectivity index (χ4v) is 2.78. The molecule has 0 unspecified atom stereocenters. The summed E-state index contributed by atoms with van der Waals surface area (Å²) in [6.45, 7) is 6.25. The fraction of sp³-hybridized carbons (Fsp3) is 0.368. The normalized spacial score (nSPS) is 13.3. The molecule has 1 amide bonds. The lowest BCUT2D eigenvalue weighted by atomic mass is 9.93. The van der Waals surface area contributed by atoms with Gasteiger partial charge in [0.15, 0.2) is 11.6 Å². The highest BCUT2D eigenvalue weighted by Gasteiger charge is 2.21. The van der Waals surface area contributed by atoms with Crippen LogP contribution >= 0.6 is 0 Å². The zero-order chi connectivity index (χ0) is 19.3. The lowest BCUT2D eigenvalue weighted by Gasteiger charge is -2.26. The van der Waals surface area contributed by atoms with Crippen LogP contribution in [0.2, 0.25) is 0 Å². The van der Waals surface area contributed by atoms with Gasteiger partial charge in [-0.05, 0) is 48.6 Å². The van der Waals surface area contributed by atoms with Gasteiger partial charge in [0.05, 0.1) is 0 Å². The number of rotatable bonds is 7. The number of benzene rings is 1. The van der Waals surface area contributed by atoms with Crippen molar-refractivity contribution in [2.24, 2.45) is 17.4 Å². The monoisotopic (exact) mass is 361 g/mol. The Morgan fingerprint density at radius 1 is 1.27 bits per heavy atom. The average Bonchev–Trinajstić information content (AvgIpc) is 2.52. The third kappa shape index (κ3) is 5.70. The third-order valence-electron chi connectivity index (χ3n) is 3.64. The first-order chi connectivity index (χ1) is 12.2. The lowest BCUT2D eigenvalue weighted by Crippen LogP contribution is -2.43. The third-order valence-corrected chi connectivity index (χ3v) is 3.64. The zero-order valence-corrected chi connectivity index (χ0v) is 15.2. The summed E-state index contributed by atoms with van der Waals surface area (Å²) in [7, 11) is 0. The number of halogens is 1. The molecule has 140 valence electrons. The van der Waals surface area contributed by atoms with Crippen molar-refractivity contribution in [3.63, 3.8) is 0 Å². The molecule has 0 aliphatic heterocycles. The van der Waals surface area contributed by atoms with E-state index in [1.54, 1.807) is 18.2 Å².